The molecule has 0 unspecified atom stereocenters. The molecule has 0 bridgehead atoms. The van der Waals surface area contributed by atoms with Crippen LogP contribution in [0.15, 0.2) is 354 Å². The van der Waals surface area contributed by atoms with E-state index >= 15 is 0 Å². The number of fused-ring (bicyclic) bond motifs is 12. The lowest BCUT2D eigenvalue weighted by molar-refractivity contribution is 1.19. The summed E-state index contributed by atoms with van der Waals surface area (Å²) in [6.45, 7) is 15.6. The average Bonchev–Trinajstić information content (AvgIpc) is 1.66. The van der Waals surface area contributed by atoms with Gasteiger partial charge in [-0.3, -0.25) is 27.6 Å². The Labute approximate surface area is 694 Å². The van der Waals surface area contributed by atoms with Crippen molar-refractivity contribution in [3.05, 3.63) is 432 Å². The lowest BCUT2D eigenvalue weighted by atomic mass is 9.91. The number of aryl methyl sites for hydroxylation is 4. The summed E-state index contributed by atoms with van der Waals surface area (Å²) in [6.07, 6.45) is 0. The molecule has 22 rings (SSSR count). The van der Waals surface area contributed by atoms with Crippen molar-refractivity contribution in [2.45, 2.75) is 27.7 Å². The molecular formula is C106H68N12O3. The molecule has 0 saturated carbocycles. The van der Waals surface area contributed by atoms with E-state index in [2.05, 4.69) is 111 Å². The highest BCUT2D eigenvalue weighted by atomic mass is 16.1. The standard InChI is InChI=1S/3C26H12N4O.4C7H8/c1-28-17-8-12-21-22(13-17)30-25(29-21)19-9-7-16(14-27)23-18(15-5-3-2-4-6-15)10-11-20(24(19)23)26(30)31;2*27-13-15-6-11-22-21(12-15)29-25-19-8-7-17(14-28)23-18(16-4-2-1-3-5-16)9-10-20(24(19)23)26(31)30(22)25;4*1-7-5-3-2-4-6-7/h2-13H;2*1-12H;4*2-6H,1H3. The Bertz CT molecular complexity index is 7610. The Morgan fingerprint density at radius 3 is 0.826 bits per heavy atom. The minimum absolute atomic E-state index is 0.186. The van der Waals surface area contributed by atoms with Crippen LogP contribution in [-0.4, -0.2) is 28.2 Å². The lowest BCUT2D eigenvalue weighted by Gasteiger charge is -2.13. The number of pyridine rings is 3. The third-order valence-electron chi connectivity index (χ3n) is 21.2. The number of aromatic nitrogens is 6. The van der Waals surface area contributed by atoms with Crippen LogP contribution in [0.1, 0.15) is 50.1 Å². The normalized spacial score (nSPS) is 10.7. The van der Waals surface area contributed by atoms with Crippen molar-refractivity contribution in [1.82, 2.24) is 28.2 Å². The maximum Gasteiger partial charge on any atom is 0.264 e. The first-order chi connectivity index (χ1) is 59.2. The average molecular weight is 1560 g/mol. The van der Waals surface area contributed by atoms with Gasteiger partial charge >= 0.3 is 0 Å². The van der Waals surface area contributed by atoms with Crippen LogP contribution in [0.25, 0.3) is 153 Å². The van der Waals surface area contributed by atoms with Crippen LogP contribution in [0.2, 0.25) is 0 Å². The quantitative estimate of drug-likeness (QED) is 0.151. The molecular weight excluding hydrogens is 1490 g/mol. The van der Waals surface area contributed by atoms with Crippen LogP contribution < -0.4 is 16.7 Å². The highest BCUT2D eigenvalue weighted by molar-refractivity contribution is 6.23. The molecule has 0 saturated heterocycles. The fourth-order valence-electron chi connectivity index (χ4n) is 15.5. The van der Waals surface area contributed by atoms with E-state index in [1.165, 1.54) is 22.3 Å². The summed E-state index contributed by atoms with van der Waals surface area (Å²) in [5, 5.41) is 56.5. The summed E-state index contributed by atoms with van der Waals surface area (Å²) in [5.74, 6) is 0. The molecule has 0 N–H and O–H groups in total. The van der Waals surface area contributed by atoms with E-state index < -0.39 is 0 Å². The molecule has 570 valence electrons. The van der Waals surface area contributed by atoms with Crippen molar-refractivity contribution in [2.24, 2.45) is 0 Å². The smallest absolute Gasteiger partial charge is 0.264 e. The van der Waals surface area contributed by atoms with Gasteiger partial charge in [0, 0.05) is 64.6 Å². The summed E-state index contributed by atoms with van der Waals surface area (Å²) in [4.78, 5) is 58.3. The molecule has 0 aliphatic carbocycles. The van der Waals surface area contributed by atoms with E-state index in [-0.39, 0.29) is 16.7 Å². The first-order valence-electron chi connectivity index (χ1n) is 38.8. The summed E-state index contributed by atoms with van der Waals surface area (Å²) >= 11 is 0. The third kappa shape index (κ3) is 15.0. The summed E-state index contributed by atoms with van der Waals surface area (Å²) in [7, 11) is 0. The van der Waals surface area contributed by atoms with E-state index in [4.69, 9.17) is 21.5 Å². The predicted molar refractivity (Wildman–Crippen MR) is 486 cm³/mol. The number of hydrogen-bond acceptors (Lipinski definition) is 11. The minimum atomic E-state index is -0.202. The molecule has 16 aromatic carbocycles. The number of hydrogen-bond donors (Lipinski definition) is 0. The van der Waals surface area contributed by atoms with E-state index in [0.29, 0.717) is 99.7 Å². The molecule has 15 nitrogen and oxygen atoms in total. The second kappa shape index (κ2) is 34.0. The zero-order valence-electron chi connectivity index (χ0n) is 65.9. The van der Waals surface area contributed by atoms with E-state index in [9.17, 15) is 40.7 Å². The molecule has 0 fully saturated rings. The van der Waals surface area contributed by atoms with Crippen LogP contribution in [0.4, 0.5) is 5.69 Å². The lowest BCUT2D eigenvalue weighted by Crippen LogP contribution is -2.13. The van der Waals surface area contributed by atoms with Crippen molar-refractivity contribution in [3.8, 4) is 63.7 Å². The summed E-state index contributed by atoms with van der Waals surface area (Å²) in [6, 6.07) is 119. The van der Waals surface area contributed by atoms with Crippen LogP contribution >= 0.6 is 0 Å². The summed E-state index contributed by atoms with van der Waals surface area (Å²) in [5.41, 5.74) is 18.7. The zero-order valence-corrected chi connectivity index (χ0v) is 65.9. The molecule has 6 heterocycles. The second-order valence-electron chi connectivity index (χ2n) is 28.9. The number of imidazole rings is 3. The molecule has 0 spiro atoms. The molecule has 0 aliphatic heterocycles. The Kier molecular flexibility index (Phi) is 21.8. The fourth-order valence-corrected chi connectivity index (χ4v) is 15.5. The van der Waals surface area contributed by atoms with Gasteiger partial charge in [0.15, 0.2) is 5.69 Å². The van der Waals surface area contributed by atoms with Crippen molar-refractivity contribution in [1.29, 1.82) is 26.3 Å². The number of benzene rings is 16. The molecule has 6 aromatic heterocycles. The van der Waals surface area contributed by atoms with Gasteiger partial charge in [0.2, 0.25) is 0 Å². The minimum Gasteiger partial charge on any atom is -0.268 e. The maximum absolute atomic E-state index is 13.6. The van der Waals surface area contributed by atoms with Gasteiger partial charge < -0.3 is 0 Å². The van der Waals surface area contributed by atoms with Gasteiger partial charge in [0.1, 0.15) is 16.9 Å². The molecule has 121 heavy (non-hydrogen) atoms. The predicted octanol–water partition coefficient (Wildman–Crippen LogP) is 23.7. The van der Waals surface area contributed by atoms with Crippen molar-refractivity contribution in [2.75, 3.05) is 0 Å². The number of nitriles is 5. The number of rotatable bonds is 3. The second-order valence-corrected chi connectivity index (χ2v) is 28.9. The van der Waals surface area contributed by atoms with E-state index in [1.807, 2.05) is 218 Å². The topological polar surface area (TPSA) is 226 Å². The van der Waals surface area contributed by atoms with Gasteiger partial charge in [0.25, 0.3) is 16.7 Å². The van der Waals surface area contributed by atoms with Crippen LogP contribution in [-0.2, 0) is 0 Å². The van der Waals surface area contributed by atoms with Crippen molar-refractivity contribution >= 4 is 120 Å². The van der Waals surface area contributed by atoms with Crippen LogP contribution in [0.5, 0.6) is 0 Å². The fraction of sp³-hybridized carbons (Fsp3) is 0.0377. The Balaban J connectivity index is 0.000000116. The van der Waals surface area contributed by atoms with Gasteiger partial charge in [0.05, 0.1) is 97.8 Å². The molecule has 0 aliphatic rings. The highest BCUT2D eigenvalue weighted by Crippen LogP contribution is 2.42. The van der Waals surface area contributed by atoms with Crippen LogP contribution in [0.3, 0.4) is 0 Å². The van der Waals surface area contributed by atoms with Gasteiger partial charge in [-0.15, -0.1) is 0 Å². The zero-order chi connectivity index (χ0) is 83.8. The Morgan fingerprint density at radius 1 is 0.273 bits per heavy atom. The van der Waals surface area contributed by atoms with Crippen molar-refractivity contribution in [3.63, 3.8) is 0 Å². The van der Waals surface area contributed by atoms with Crippen LogP contribution in [0, 0.1) is 90.9 Å². The van der Waals surface area contributed by atoms with E-state index in [0.717, 1.165) is 81.9 Å². The molecule has 15 heteroatoms. The number of nitrogens with zero attached hydrogens (tertiary/aromatic N) is 12. The molecule has 0 amide bonds. The molecule has 0 radical (unpaired) electrons. The van der Waals surface area contributed by atoms with Gasteiger partial charge in [-0.1, -0.05) is 259 Å². The summed E-state index contributed by atoms with van der Waals surface area (Å²) < 4.78 is 4.78. The SMILES string of the molecule is Cc1ccccc1.Cc1ccccc1.Cc1ccccc1.Cc1ccccc1.N#Cc1ccc2c(c1)nc1c3ccc(C#N)c4c(-c5ccccc5)ccc(c(=O)n21)c43.N#Cc1ccc2c(c1)nc1c3ccc(C#N)c4c(-c5ccccc5)ccc(c(=O)n21)c43.[C-]#[N+]c1ccc2nc3c4ccc(C#N)c5c(-c6ccccc6)ccc(c(=O)n3c2c1)c54. The van der Waals surface area contributed by atoms with Crippen molar-refractivity contribution < 1.29 is 0 Å². The Morgan fingerprint density at radius 2 is 0.554 bits per heavy atom. The Hall–Kier alpha value is -17.3. The maximum atomic E-state index is 13.6. The third-order valence-corrected chi connectivity index (χ3v) is 21.2. The molecule has 22 aromatic rings. The first-order valence-corrected chi connectivity index (χ1v) is 38.8. The monoisotopic (exact) mass is 1560 g/mol. The first kappa shape index (κ1) is 77.6. The molecule has 0 atom stereocenters. The van der Waals surface area contributed by atoms with Gasteiger partial charge in [-0.2, -0.15) is 26.3 Å². The van der Waals surface area contributed by atoms with Gasteiger partial charge in [-0.25, -0.2) is 19.8 Å². The highest BCUT2D eigenvalue weighted by Gasteiger charge is 2.25. The van der Waals surface area contributed by atoms with E-state index in [1.54, 1.807) is 86.0 Å². The van der Waals surface area contributed by atoms with Gasteiger partial charge in [-0.05, 0) is 164 Å². The largest absolute Gasteiger partial charge is 0.268 e.